The van der Waals surface area contributed by atoms with Crippen LogP contribution in [0.25, 0.3) is 0 Å². The Morgan fingerprint density at radius 1 is 1.18 bits per heavy atom. The van der Waals surface area contributed by atoms with Gasteiger partial charge in [-0.15, -0.1) is 0 Å². The van der Waals surface area contributed by atoms with Gasteiger partial charge in [-0.3, -0.25) is 15.0 Å². The molecule has 1 N–H and O–H groups in total. The van der Waals surface area contributed by atoms with Gasteiger partial charge in [0.25, 0.3) is 0 Å². The number of methoxy groups -OCH3 is 3. The molecule has 1 aromatic heterocycles. The smallest absolute Gasteiger partial charge is 0.240 e. The molecule has 150 valence electrons. The van der Waals surface area contributed by atoms with Gasteiger partial charge in [-0.05, 0) is 27.0 Å². The number of aryl methyl sites for hydroxylation is 1. The van der Waals surface area contributed by atoms with Gasteiger partial charge in [0.1, 0.15) is 17.4 Å². The van der Waals surface area contributed by atoms with Crippen LogP contribution in [0.5, 0.6) is 17.2 Å². The van der Waals surface area contributed by atoms with Gasteiger partial charge in [-0.2, -0.15) is 5.26 Å². The van der Waals surface area contributed by atoms with Gasteiger partial charge in [-0.1, -0.05) is 6.07 Å². The molecule has 0 aliphatic carbocycles. The van der Waals surface area contributed by atoms with Crippen LogP contribution in [0.1, 0.15) is 22.5 Å². The molecule has 8 nitrogen and oxygen atoms in total. The molecule has 0 aliphatic rings. The predicted molar refractivity (Wildman–Crippen MR) is 104 cm³/mol. The Balaban J connectivity index is 2.10. The second-order valence-electron chi connectivity index (χ2n) is 6.31. The number of likely N-dealkylation sites (N-methyl/N-ethyl adjacent to an activating group) is 1. The number of carbonyl (C=O) groups is 1. The van der Waals surface area contributed by atoms with Gasteiger partial charge < -0.3 is 18.6 Å². The van der Waals surface area contributed by atoms with Crippen molar-refractivity contribution in [3.63, 3.8) is 0 Å². The standard InChI is InChI=1S/C20H25N3O5/c1-12-13(2)28-20(15(12)9-21)22-17(24)11-23(3)10-14-7-8-16(25-4)19(27-6)18(14)26-5/h7-8H,10-11H2,1-6H3,(H,22,24). The molecule has 0 radical (unpaired) electrons. The summed E-state index contributed by atoms with van der Waals surface area (Å²) in [6.07, 6.45) is 0. The third-order valence-corrected chi connectivity index (χ3v) is 4.39. The van der Waals surface area contributed by atoms with Crippen molar-refractivity contribution in [3.8, 4) is 23.3 Å². The summed E-state index contributed by atoms with van der Waals surface area (Å²) in [6, 6.07) is 5.71. The minimum atomic E-state index is -0.285. The van der Waals surface area contributed by atoms with E-state index in [4.69, 9.17) is 18.6 Å². The van der Waals surface area contributed by atoms with Crippen LogP contribution in [-0.2, 0) is 11.3 Å². The largest absolute Gasteiger partial charge is 0.493 e. The number of nitrogens with one attached hydrogen (secondary N) is 1. The molecule has 0 saturated carbocycles. The van der Waals surface area contributed by atoms with Crippen LogP contribution in [-0.4, -0.2) is 45.7 Å². The molecule has 1 aromatic carbocycles. The zero-order valence-electron chi connectivity index (χ0n) is 17.0. The molecule has 0 bridgehead atoms. The van der Waals surface area contributed by atoms with Crippen LogP contribution in [0.2, 0.25) is 0 Å². The van der Waals surface area contributed by atoms with Crippen LogP contribution >= 0.6 is 0 Å². The van der Waals surface area contributed by atoms with Crippen molar-refractivity contribution in [1.29, 1.82) is 5.26 Å². The van der Waals surface area contributed by atoms with Crippen LogP contribution in [0, 0.1) is 25.2 Å². The van der Waals surface area contributed by atoms with Gasteiger partial charge >= 0.3 is 0 Å². The van der Waals surface area contributed by atoms with Crippen molar-refractivity contribution in [2.75, 3.05) is 40.2 Å². The summed E-state index contributed by atoms with van der Waals surface area (Å²) in [7, 11) is 6.46. The van der Waals surface area contributed by atoms with E-state index in [1.807, 2.05) is 11.0 Å². The first-order valence-electron chi connectivity index (χ1n) is 8.62. The molecule has 0 atom stereocenters. The molecule has 8 heteroatoms. The second kappa shape index (κ2) is 9.15. The fourth-order valence-electron chi connectivity index (χ4n) is 2.90. The molecular formula is C20H25N3O5. The predicted octanol–water partition coefficient (Wildman–Crippen LogP) is 2.86. The third kappa shape index (κ3) is 4.38. The van der Waals surface area contributed by atoms with Gasteiger partial charge in [0.15, 0.2) is 11.5 Å². The summed E-state index contributed by atoms with van der Waals surface area (Å²) < 4.78 is 21.6. The average molecular weight is 387 g/mol. The number of benzene rings is 1. The second-order valence-corrected chi connectivity index (χ2v) is 6.31. The monoisotopic (exact) mass is 387 g/mol. The van der Waals surface area contributed by atoms with Crippen molar-refractivity contribution in [1.82, 2.24) is 4.90 Å². The molecule has 0 aliphatic heterocycles. The Morgan fingerprint density at radius 3 is 2.43 bits per heavy atom. The van der Waals surface area contributed by atoms with Gasteiger partial charge in [-0.25, -0.2) is 0 Å². The molecular weight excluding hydrogens is 362 g/mol. The maximum Gasteiger partial charge on any atom is 0.240 e. The lowest BCUT2D eigenvalue weighted by Crippen LogP contribution is -2.30. The maximum absolute atomic E-state index is 12.4. The first kappa shape index (κ1) is 21.1. The van der Waals surface area contributed by atoms with Crippen LogP contribution in [0.15, 0.2) is 16.5 Å². The molecule has 2 rings (SSSR count). The topological polar surface area (TPSA) is 97.0 Å². The normalized spacial score (nSPS) is 10.5. The lowest BCUT2D eigenvalue weighted by atomic mass is 10.1. The Labute approximate surface area is 164 Å². The highest BCUT2D eigenvalue weighted by atomic mass is 16.5. The molecule has 1 amide bonds. The van der Waals surface area contributed by atoms with E-state index < -0.39 is 0 Å². The molecule has 0 spiro atoms. The van der Waals surface area contributed by atoms with E-state index in [0.717, 1.165) is 11.1 Å². The highest BCUT2D eigenvalue weighted by Gasteiger charge is 2.20. The summed E-state index contributed by atoms with van der Waals surface area (Å²) in [6.45, 7) is 4.07. The summed E-state index contributed by atoms with van der Waals surface area (Å²) in [5.41, 5.74) is 1.91. The van der Waals surface area contributed by atoms with E-state index >= 15 is 0 Å². The number of rotatable bonds is 8. The number of carbonyl (C=O) groups excluding carboxylic acids is 1. The molecule has 1 heterocycles. The Morgan fingerprint density at radius 2 is 1.86 bits per heavy atom. The zero-order chi connectivity index (χ0) is 20.8. The van der Waals surface area contributed by atoms with Crippen molar-refractivity contribution >= 4 is 11.8 Å². The van der Waals surface area contributed by atoms with Gasteiger partial charge in [0.2, 0.25) is 17.5 Å². The van der Waals surface area contributed by atoms with E-state index in [-0.39, 0.29) is 18.3 Å². The van der Waals surface area contributed by atoms with Crippen LogP contribution in [0.4, 0.5) is 5.88 Å². The van der Waals surface area contributed by atoms with E-state index in [9.17, 15) is 10.1 Å². The van der Waals surface area contributed by atoms with Crippen molar-refractivity contribution in [2.24, 2.45) is 0 Å². The minimum Gasteiger partial charge on any atom is -0.493 e. The summed E-state index contributed by atoms with van der Waals surface area (Å²) in [5, 5.41) is 11.9. The number of nitriles is 1. The average Bonchev–Trinajstić information content (AvgIpc) is 2.93. The minimum absolute atomic E-state index is 0.0984. The van der Waals surface area contributed by atoms with E-state index in [0.29, 0.717) is 35.1 Å². The first-order chi connectivity index (χ1) is 13.4. The first-order valence-corrected chi connectivity index (χ1v) is 8.62. The summed E-state index contributed by atoms with van der Waals surface area (Å²) in [4.78, 5) is 14.2. The van der Waals surface area contributed by atoms with Gasteiger partial charge in [0.05, 0.1) is 27.9 Å². The highest BCUT2D eigenvalue weighted by Crippen LogP contribution is 2.40. The number of ether oxygens (including phenoxy) is 3. The zero-order valence-corrected chi connectivity index (χ0v) is 17.0. The summed E-state index contributed by atoms with van der Waals surface area (Å²) in [5.74, 6) is 2.12. The van der Waals surface area contributed by atoms with Gasteiger partial charge in [0, 0.05) is 17.7 Å². The number of anilines is 1. The lowest BCUT2D eigenvalue weighted by molar-refractivity contribution is -0.117. The van der Waals surface area contributed by atoms with Crippen molar-refractivity contribution < 1.29 is 23.4 Å². The Hall–Kier alpha value is -3.18. The lowest BCUT2D eigenvalue weighted by Gasteiger charge is -2.20. The number of nitrogens with zero attached hydrogens (tertiary/aromatic N) is 2. The maximum atomic E-state index is 12.4. The number of amides is 1. The van der Waals surface area contributed by atoms with E-state index in [1.54, 1.807) is 48.3 Å². The summed E-state index contributed by atoms with van der Waals surface area (Å²) >= 11 is 0. The number of hydrogen-bond donors (Lipinski definition) is 1. The molecule has 0 saturated heterocycles. The molecule has 28 heavy (non-hydrogen) atoms. The fourth-order valence-corrected chi connectivity index (χ4v) is 2.90. The van der Waals surface area contributed by atoms with Crippen LogP contribution in [0.3, 0.4) is 0 Å². The van der Waals surface area contributed by atoms with Crippen molar-refractivity contribution in [3.05, 3.63) is 34.6 Å². The number of hydrogen-bond acceptors (Lipinski definition) is 7. The third-order valence-electron chi connectivity index (χ3n) is 4.39. The van der Waals surface area contributed by atoms with E-state index in [1.165, 1.54) is 0 Å². The fraction of sp³-hybridized carbons (Fsp3) is 0.400. The SMILES string of the molecule is COc1ccc(CN(C)CC(=O)Nc2oc(C)c(C)c2C#N)c(OC)c1OC. The quantitative estimate of drug-likeness (QED) is 0.744. The number of furan rings is 1. The molecule has 2 aromatic rings. The van der Waals surface area contributed by atoms with E-state index in [2.05, 4.69) is 11.4 Å². The Bertz CT molecular complexity index is 898. The molecule has 0 fully saturated rings. The highest BCUT2D eigenvalue weighted by molar-refractivity contribution is 5.92. The van der Waals surface area contributed by atoms with Crippen molar-refractivity contribution in [2.45, 2.75) is 20.4 Å². The Kier molecular flexibility index (Phi) is 6.90. The van der Waals surface area contributed by atoms with Crippen LogP contribution < -0.4 is 19.5 Å². The molecule has 0 unspecified atom stereocenters.